The highest BCUT2D eigenvalue weighted by molar-refractivity contribution is 5.87. The summed E-state index contributed by atoms with van der Waals surface area (Å²) in [6, 6.07) is 8.59. The van der Waals surface area contributed by atoms with Gasteiger partial charge in [0.2, 0.25) is 0 Å². The predicted molar refractivity (Wildman–Crippen MR) is 84.8 cm³/mol. The zero-order valence-electron chi connectivity index (χ0n) is 12.5. The Hall–Kier alpha value is -2.43. The molecular formula is C16H19N5. The maximum absolute atomic E-state index is 4.47. The molecular weight excluding hydrogens is 262 g/mol. The number of aromatic nitrogens is 4. The molecule has 0 spiro atoms. The molecule has 21 heavy (non-hydrogen) atoms. The SMILES string of the molecule is CC[C@H](C)Nc1ncnc2c1cnn2-c1cccc(C)c1. The van der Waals surface area contributed by atoms with Crippen LogP contribution in [0.5, 0.6) is 0 Å². The summed E-state index contributed by atoms with van der Waals surface area (Å²) in [6.07, 6.45) is 4.45. The number of anilines is 1. The van der Waals surface area contributed by atoms with Crippen molar-refractivity contribution >= 4 is 16.9 Å². The Bertz CT molecular complexity index is 762. The molecule has 0 amide bonds. The van der Waals surface area contributed by atoms with Crippen LogP contribution in [0.3, 0.4) is 0 Å². The van der Waals surface area contributed by atoms with Crippen LogP contribution in [0.1, 0.15) is 25.8 Å². The predicted octanol–water partition coefficient (Wildman–Crippen LogP) is 3.33. The highest BCUT2D eigenvalue weighted by atomic mass is 15.3. The van der Waals surface area contributed by atoms with E-state index in [1.54, 1.807) is 6.33 Å². The van der Waals surface area contributed by atoms with Crippen molar-refractivity contribution in [2.24, 2.45) is 0 Å². The molecule has 0 saturated heterocycles. The Kier molecular flexibility index (Phi) is 3.56. The molecule has 2 heterocycles. The van der Waals surface area contributed by atoms with Gasteiger partial charge in [-0.1, -0.05) is 19.1 Å². The molecule has 1 atom stereocenters. The molecule has 108 valence electrons. The normalized spacial score (nSPS) is 12.5. The number of rotatable bonds is 4. The molecule has 0 aliphatic carbocycles. The van der Waals surface area contributed by atoms with Crippen molar-refractivity contribution in [3.8, 4) is 5.69 Å². The third kappa shape index (κ3) is 2.59. The number of nitrogens with one attached hydrogen (secondary N) is 1. The fraction of sp³-hybridized carbons (Fsp3) is 0.312. The van der Waals surface area contributed by atoms with Crippen molar-refractivity contribution in [1.29, 1.82) is 0 Å². The van der Waals surface area contributed by atoms with Crippen LogP contribution in [0.25, 0.3) is 16.7 Å². The van der Waals surface area contributed by atoms with E-state index in [4.69, 9.17) is 0 Å². The minimum absolute atomic E-state index is 0.366. The third-order valence-electron chi connectivity index (χ3n) is 3.61. The quantitative estimate of drug-likeness (QED) is 0.797. The van der Waals surface area contributed by atoms with Crippen molar-refractivity contribution < 1.29 is 0 Å². The minimum atomic E-state index is 0.366. The van der Waals surface area contributed by atoms with E-state index >= 15 is 0 Å². The summed E-state index contributed by atoms with van der Waals surface area (Å²) in [7, 11) is 0. The molecule has 0 aliphatic rings. The molecule has 0 bridgehead atoms. The second-order valence-corrected chi connectivity index (χ2v) is 5.31. The first-order chi connectivity index (χ1) is 10.2. The molecule has 3 rings (SSSR count). The first-order valence-corrected chi connectivity index (χ1v) is 7.21. The standard InChI is InChI=1S/C16H19N5/c1-4-12(3)20-15-14-9-19-21(16(14)18-10-17-15)13-7-5-6-11(2)8-13/h5-10,12H,4H2,1-3H3,(H,17,18,20)/t12-/m0/s1. The maximum atomic E-state index is 4.47. The molecule has 0 unspecified atom stereocenters. The summed E-state index contributed by atoms with van der Waals surface area (Å²) < 4.78 is 1.85. The summed E-state index contributed by atoms with van der Waals surface area (Å²) in [4.78, 5) is 8.73. The number of hydrogen-bond donors (Lipinski definition) is 1. The average Bonchev–Trinajstić information content (AvgIpc) is 2.92. The van der Waals surface area contributed by atoms with E-state index in [1.807, 2.05) is 23.0 Å². The molecule has 0 radical (unpaired) electrons. The summed E-state index contributed by atoms with van der Waals surface area (Å²) in [5.41, 5.74) is 3.03. The van der Waals surface area contributed by atoms with Crippen LogP contribution in [0.15, 0.2) is 36.8 Å². The van der Waals surface area contributed by atoms with Gasteiger partial charge in [0.15, 0.2) is 5.65 Å². The lowest BCUT2D eigenvalue weighted by Crippen LogP contribution is -2.14. The number of hydrogen-bond acceptors (Lipinski definition) is 4. The van der Waals surface area contributed by atoms with Gasteiger partial charge in [0.05, 0.1) is 17.3 Å². The minimum Gasteiger partial charge on any atom is -0.367 e. The van der Waals surface area contributed by atoms with Gasteiger partial charge in [0, 0.05) is 6.04 Å². The Morgan fingerprint density at radius 1 is 1.29 bits per heavy atom. The van der Waals surface area contributed by atoms with Gasteiger partial charge in [0.25, 0.3) is 0 Å². The van der Waals surface area contributed by atoms with E-state index in [0.29, 0.717) is 6.04 Å². The van der Waals surface area contributed by atoms with Crippen molar-refractivity contribution in [1.82, 2.24) is 19.7 Å². The van der Waals surface area contributed by atoms with Crippen LogP contribution in [0.2, 0.25) is 0 Å². The van der Waals surface area contributed by atoms with Gasteiger partial charge in [0.1, 0.15) is 12.1 Å². The summed E-state index contributed by atoms with van der Waals surface area (Å²) in [5.74, 6) is 0.841. The zero-order chi connectivity index (χ0) is 14.8. The van der Waals surface area contributed by atoms with Crippen molar-refractivity contribution in [3.05, 3.63) is 42.4 Å². The number of fused-ring (bicyclic) bond motifs is 1. The Labute approximate surface area is 124 Å². The second kappa shape index (κ2) is 5.52. The van der Waals surface area contributed by atoms with E-state index < -0.39 is 0 Å². The lowest BCUT2D eigenvalue weighted by Gasteiger charge is -2.12. The van der Waals surface area contributed by atoms with Crippen LogP contribution in [-0.4, -0.2) is 25.8 Å². The average molecular weight is 281 g/mol. The molecule has 5 nitrogen and oxygen atoms in total. The monoisotopic (exact) mass is 281 g/mol. The maximum Gasteiger partial charge on any atom is 0.168 e. The molecule has 0 aliphatic heterocycles. The van der Waals surface area contributed by atoms with Gasteiger partial charge in [-0.3, -0.25) is 0 Å². The molecule has 2 aromatic heterocycles. The van der Waals surface area contributed by atoms with Crippen LogP contribution >= 0.6 is 0 Å². The van der Waals surface area contributed by atoms with E-state index in [2.05, 4.69) is 53.3 Å². The fourth-order valence-corrected chi connectivity index (χ4v) is 2.24. The van der Waals surface area contributed by atoms with Crippen molar-refractivity contribution in [2.75, 3.05) is 5.32 Å². The van der Waals surface area contributed by atoms with Crippen LogP contribution < -0.4 is 5.32 Å². The Balaban J connectivity index is 2.09. The van der Waals surface area contributed by atoms with Gasteiger partial charge in [-0.2, -0.15) is 5.10 Å². The molecule has 3 aromatic rings. The first kappa shape index (κ1) is 13.5. The molecule has 1 N–H and O–H groups in total. The smallest absolute Gasteiger partial charge is 0.168 e. The van der Waals surface area contributed by atoms with Gasteiger partial charge < -0.3 is 5.32 Å². The van der Waals surface area contributed by atoms with Crippen LogP contribution in [0.4, 0.5) is 5.82 Å². The van der Waals surface area contributed by atoms with Crippen molar-refractivity contribution in [2.45, 2.75) is 33.2 Å². The highest BCUT2D eigenvalue weighted by Gasteiger charge is 2.12. The van der Waals surface area contributed by atoms with Crippen LogP contribution in [0, 0.1) is 6.92 Å². The summed E-state index contributed by atoms with van der Waals surface area (Å²) in [5, 5.41) is 8.82. The fourth-order valence-electron chi connectivity index (χ4n) is 2.24. The summed E-state index contributed by atoms with van der Waals surface area (Å²) in [6.45, 7) is 6.35. The highest BCUT2D eigenvalue weighted by Crippen LogP contribution is 2.22. The molecule has 1 aromatic carbocycles. The van der Waals surface area contributed by atoms with E-state index in [0.717, 1.165) is 29.0 Å². The van der Waals surface area contributed by atoms with Gasteiger partial charge in [-0.25, -0.2) is 14.6 Å². The molecule has 0 saturated carbocycles. The van der Waals surface area contributed by atoms with Crippen LogP contribution in [-0.2, 0) is 0 Å². The lowest BCUT2D eigenvalue weighted by atomic mass is 10.2. The van der Waals surface area contributed by atoms with Gasteiger partial charge in [-0.15, -0.1) is 0 Å². The van der Waals surface area contributed by atoms with E-state index in [1.165, 1.54) is 5.56 Å². The van der Waals surface area contributed by atoms with Gasteiger partial charge in [-0.05, 0) is 38.0 Å². The topological polar surface area (TPSA) is 55.6 Å². The molecule has 0 fully saturated rings. The Morgan fingerprint density at radius 3 is 2.90 bits per heavy atom. The number of benzene rings is 1. The summed E-state index contributed by atoms with van der Waals surface area (Å²) >= 11 is 0. The van der Waals surface area contributed by atoms with Gasteiger partial charge >= 0.3 is 0 Å². The number of aryl methyl sites for hydroxylation is 1. The van der Waals surface area contributed by atoms with Crippen molar-refractivity contribution in [3.63, 3.8) is 0 Å². The number of nitrogens with zero attached hydrogens (tertiary/aromatic N) is 4. The zero-order valence-corrected chi connectivity index (χ0v) is 12.5. The van der Waals surface area contributed by atoms with E-state index in [-0.39, 0.29) is 0 Å². The first-order valence-electron chi connectivity index (χ1n) is 7.21. The third-order valence-corrected chi connectivity index (χ3v) is 3.61. The lowest BCUT2D eigenvalue weighted by molar-refractivity contribution is 0.760. The largest absolute Gasteiger partial charge is 0.367 e. The van der Waals surface area contributed by atoms with E-state index in [9.17, 15) is 0 Å². The Morgan fingerprint density at radius 2 is 2.14 bits per heavy atom. The molecule has 5 heteroatoms. The second-order valence-electron chi connectivity index (χ2n) is 5.31.